The van der Waals surface area contributed by atoms with Gasteiger partial charge in [-0.2, -0.15) is 0 Å². The smallest absolute Gasteiger partial charge is 0.339 e. The highest BCUT2D eigenvalue weighted by Crippen LogP contribution is 2.48. The molecule has 3 aromatic rings. The van der Waals surface area contributed by atoms with E-state index in [1.54, 1.807) is 34.9 Å². The SMILES string of the molecule is COc1cc(C2CC(=O)Nc3c(C(=O)O)cn(-c4cccc(Cl)c4)c32)cc2c1OCO2. The fourth-order valence-electron chi connectivity index (χ4n) is 4.10. The number of methoxy groups -OCH3 is 1. The average Bonchev–Trinajstić information content (AvgIpc) is 3.37. The lowest BCUT2D eigenvalue weighted by atomic mass is 9.87. The average molecular weight is 441 g/mol. The molecule has 2 aromatic carbocycles. The van der Waals surface area contributed by atoms with E-state index in [1.807, 2.05) is 6.07 Å². The molecule has 0 saturated heterocycles. The molecule has 9 heteroatoms. The molecule has 31 heavy (non-hydrogen) atoms. The molecule has 3 heterocycles. The fraction of sp³-hybridized carbons (Fsp3) is 0.182. The van der Waals surface area contributed by atoms with Gasteiger partial charge in [-0.3, -0.25) is 4.79 Å². The van der Waals surface area contributed by atoms with Gasteiger partial charge in [-0.1, -0.05) is 17.7 Å². The van der Waals surface area contributed by atoms with Crippen LogP contribution in [-0.2, 0) is 4.79 Å². The van der Waals surface area contributed by atoms with Gasteiger partial charge in [0.15, 0.2) is 11.5 Å². The Hall–Kier alpha value is -3.65. The van der Waals surface area contributed by atoms with Crippen molar-refractivity contribution in [3.8, 4) is 22.9 Å². The van der Waals surface area contributed by atoms with Crippen LogP contribution in [0.5, 0.6) is 17.2 Å². The Morgan fingerprint density at radius 2 is 2.13 bits per heavy atom. The normalized spacial score (nSPS) is 16.6. The first-order chi connectivity index (χ1) is 15.0. The van der Waals surface area contributed by atoms with Crippen molar-refractivity contribution in [2.24, 2.45) is 0 Å². The number of anilines is 1. The van der Waals surface area contributed by atoms with Gasteiger partial charge in [-0.05, 0) is 35.9 Å². The number of halogens is 1. The molecule has 0 aliphatic carbocycles. The summed E-state index contributed by atoms with van der Waals surface area (Å²) in [4.78, 5) is 24.5. The van der Waals surface area contributed by atoms with Crippen LogP contribution in [0.2, 0.25) is 5.02 Å². The molecular weight excluding hydrogens is 424 g/mol. The second-order valence-corrected chi connectivity index (χ2v) is 7.66. The van der Waals surface area contributed by atoms with Crippen molar-refractivity contribution in [3.05, 3.63) is 64.4 Å². The lowest BCUT2D eigenvalue weighted by Crippen LogP contribution is -2.25. The number of rotatable bonds is 4. The third-order valence-corrected chi connectivity index (χ3v) is 5.66. The Balaban J connectivity index is 1.75. The summed E-state index contributed by atoms with van der Waals surface area (Å²) in [6.07, 6.45) is 1.63. The van der Waals surface area contributed by atoms with Crippen molar-refractivity contribution < 1.29 is 28.9 Å². The number of amides is 1. The first-order valence-electron chi connectivity index (χ1n) is 9.48. The number of aromatic carboxylic acids is 1. The molecule has 158 valence electrons. The molecule has 0 radical (unpaired) electrons. The molecule has 1 aromatic heterocycles. The predicted octanol–water partition coefficient (Wildman–Crippen LogP) is 4.04. The van der Waals surface area contributed by atoms with Crippen LogP contribution in [0.4, 0.5) is 5.69 Å². The molecular formula is C22H17ClN2O6. The molecule has 0 spiro atoms. The third-order valence-electron chi connectivity index (χ3n) is 5.43. The van der Waals surface area contributed by atoms with Gasteiger partial charge in [0, 0.05) is 29.2 Å². The number of carbonyl (C=O) groups is 2. The minimum absolute atomic E-state index is 0.000679. The van der Waals surface area contributed by atoms with Crippen LogP contribution in [0, 0.1) is 0 Å². The molecule has 2 aliphatic rings. The Bertz CT molecular complexity index is 1230. The Labute approximate surface area is 181 Å². The van der Waals surface area contributed by atoms with E-state index in [0.29, 0.717) is 33.7 Å². The summed E-state index contributed by atoms with van der Waals surface area (Å²) in [5, 5.41) is 13.0. The maximum Gasteiger partial charge on any atom is 0.339 e. The molecule has 1 amide bonds. The van der Waals surface area contributed by atoms with Crippen LogP contribution in [-0.4, -0.2) is 35.5 Å². The largest absolute Gasteiger partial charge is 0.493 e. The van der Waals surface area contributed by atoms with Gasteiger partial charge in [0.2, 0.25) is 18.4 Å². The Morgan fingerprint density at radius 3 is 2.87 bits per heavy atom. The number of aromatic nitrogens is 1. The first kappa shape index (κ1) is 19.3. The monoisotopic (exact) mass is 440 g/mol. The minimum atomic E-state index is -1.14. The number of nitrogens with one attached hydrogen (secondary N) is 1. The van der Waals surface area contributed by atoms with Gasteiger partial charge >= 0.3 is 5.97 Å². The number of hydrogen-bond acceptors (Lipinski definition) is 5. The maximum atomic E-state index is 12.6. The lowest BCUT2D eigenvalue weighted by Gasteiger charge is -2.26. The summed E-state index contributed by atoms with van der Waals surface area (Å²) in [7, 11) is 1.53. The highest BCUT2D eigenvalue weighted by atomic mass is 35.5. The summed E-state index contributed by atoms with van der Waals surface area (Å²) in [6.45, 7) is 0.0770. The molecule has 5 rings (SSSR count). The van der Waals surface area contributed by atoms with Crippen molar-refractivity contribution in [1.29, 1.82) is 0 Å². The standard InChI is InChI=1S/C22H17ClN2O6/c1-29-16-5-11(6-17-21(16)31-10-30-17)14-8-18(26)24-19-15(22(27)28)9-25(20(14)19)13-4-2-3-12(23)7-13/h2-7,9,14H,8,10H2,1H3,(H,24,26)(H,27,28). The number of fused-ring (bicyclic) bond motifs is 2. The van der Waals surface area contributed by atoms with E-state index < -0.39 is 11.9 Å². The van der Waals surface area contributed by atoms with E-state index in [0.717, 1.165) is 5.56 Å². The highest BCUT2D eigenvalue weighted by molar-refractivity contribution is 6.30. The maximum absolute atomic E-state index is 12.6. The molecule has 2 N–H and O–H groups in total. The van der Waals surface area contributed by atoms with Crippen molar-refractivity contribution >= 4 is 29.2 Å². The van der Waals surface area contributed by atoms with E-state index in [9.17, 15) is 14.7 Å². The second kappa shape index (κ2) is 7.24. The molecule has 1 unspecified atom stereocenters. The topological polar surface area (TPSA) is 99.0 Å². The number of hydrogen-bond donors (Lipinski definition) is 2. The zero-order valence-corrected chi connectivity index (χ0v) is 17.1. The van der Waals surface area contributed by atoms with Gasteiger partial charge in [-0.15, -0.1) is 0 Å². The number of benzene rings is 2. The zero-order valence-electron chi connectivity index (χ0n) is 16.3. The minimum Gasteiger partial charge on any atom is -0.493 e. The first-order valence-corrected chi connectivity index (χ1v) is 9.86. The summed E-state index contributed by atoms with van der Waals surface area (Å²) < 4.78 is 18.2. The number of ether oxygens (including phenoxy) is 3. The molecule has 0 bridgehead atoms. The highest BCUT2D eigenvalue weighted by Gasteiger charge is 2.36. The van der Waals surface area contributed by atoms with Crippen LogP contribution in [0.1, 0.15) is 34.0 Å². The molecule has 0 saturated carbocycles. The van der Waals surface area contributed by atoms with Gasteiger partial charge < -0.3 is 29.2 Å². The quantitative estimate of drug-likeness (QED) is 0.635. The van der Waals surface area contributed by atoms with Crippen LogP contribution >= 0.6 is 11.6 Å². The fourth-order valence-corrected chi connectivity index (χ4v) is 4.28. The lowest BCUT2D eigenvalue weighted by molar-refractivity contribution is -0.116. The molecule has 1 atom stereocenters. The van der Waals surface area contributed by atoms with Gasteiger partial charge in [0.05, 0.1) is 18.5 Å². The summed E-state index contributed by atoms with van der Waals surface area (Å²) in [5.74, 6) is -0.359. The van der Waals surface area contributed by atoms with E-state index in [-0.39, 0.29) is 30.4 Å². The number of carboxylic acids is 1. The number of carbonyl (C=O) groups excluding carboxylic acids is 1. The van der Waals surface area contributed by atoms with E-state index in [4.69, 9.17) is 25.8 Å². The van der Waals surface area contributed by atoms with Gasteiger partial charge in [0.25, 0.3) is 0 Å². The van der Waals surface area contributed by atoms with Crippen molar-refractivity contribution in [1.82, 2.24) is 4.57 Å². The third kappa shape index (κ3) is 3.16. The molecule has 8 nitrogen and oxygen atoms in total. The summed E-state index contributed by atoms with van der Waals surface area (Å²) >= 11 is 6.18. The molecule has 2 aliphatic heterocycles. The number of nitrogens with zero attached hydrogens (tertiary/aromatic N) is 1. The second-order valence-electron chi connectivity index (χ2n) is 7.22. The van der Waals surface area contributed by atoms with Crippen LogP contribution in [0.3, 0.4) is 0 Å². The van der Waals surface area contributed by atoms with Crippen LogP contribution in [0.25, 0.3) is 5.69 Å². The van der Waals surface area contributed by atoms with Crippen molar-refractivity contribution in [3.63, 3.8) is 0 Å². The summed E-state index contributed by atoms with van der Waals surface area (Å²) in [6, 6.07) is 10.7. The van der Waals surface area contributed by atoms with Crippen molar-refractivity contribution in [2.75, 3.05) is 19.2 Å². The van der Waals surface area contributed by atoms with E-state index in [1.165, 1.54) is 13.3 Å². The Morgan fingerprint density at radius 1 is 1.29 bits per heavy atom. The molecule has 0 fully saturated rings. The van der Waals surface area contributed by atoms with Gasteiger partial charge in [0.1, 0.15) is 5.56 Å². The van der Waals surface area contributed by atoms with Crippen molar-refractivity contribution in [2.45, 2.75) is 12.3 Å². The number of carboxylic acid groups (broad SMARTS) is 1. The zero-order chi connectivity index (χ0) is 21.7. The predicted molar refractivity (Wildman–Crippen MR) is 112 cm³/mol. The van der Waals surface area contributed by atoms with E-state index in [2.05, 4.69) is 5.32 Å². The Kier molecular flexibility index (Phi) is 4.51. The van der Waals surface area contributed by atoms with Crippen LogP contribution in [0.15, 0.2) is 42.6 Å². The summed E-state index contributed by atoms with van der Waals surface area (Å²) in [5.41, 5.74) is 2.34. The van der Waals surface area contributed by atoms with Crippen LogP contribution < -0.4 is 19.5 Å². The van der Waals surface area contributed by atoms with Gasteiger partial charge in [-0.25, -0.2) is 4.79 Å². The van der Waals surface area contributed by atoms with E-state index >= 15 is 0 Å².